The fourth-order valence-corrected chi connectivity index (χ4v) is 2.91. The van der Waals surface area contributed by atoms with Crippen LogP contribution in [0.4, 0.5) is 0 Å². The molecule has 2 rings (SSSR count). The second kappa shape index (κ2) is 5.01. The van der Waals surface area contributed by atoms with Gasteiger partial charge in [-0.15, -0.1) is 11.3 Å². The summed E-state index contributed by atoms with van der Waals surface area (Å²) in [6.45, 7) is 2.21. The van der Waals surface area contributed by atoms with E-state index in [0.29, 0.717) is 12.3 Å². The monoisotopic (exact) mass is 301 g/mol. The lowest BCUT2D eigenvalue weighted by atomic mass is 10.1. The fourth-order valence-electron chi connectivity index (χ4n) is 1.70. The van der Waals surface area contributed by atoms with Crippen LogP contribution < -0.4 is 0 Å². The van der Waals surface area contributed by atoms with E-state index in [1.165, 1.54) is 0 Å². The number of thiophene rings is 1. The topological polar surface area (TPSA) is 42.1 Å². The summed E-state index contributed by atoms with van der Waals surface area (Å²) in [4.78, 5) is 15.9. The highest BCUT2D eigenvalue weighted by Gasteiger charge is 2.18. The van der Waals surface area contributed by atoms with E-state index >= 15 is 0 Å². The SMILES string of the molecule is CCOC(=O)c1[nH]c2sccc2c1CCBr. The number of hydrogen-bond acceptors (Lipinski definition) is 3. The van der Waals surface area contributed by atoms with Gasteiger partial charge in [-0.3, -0.25) is 0 Å². The summed E-state index contributed by atoms with van der Waals surface area (Å²) < 4.78 is 5.03. The summed E-state index contributed by atoms with van der Waals surface area (Å²) >= 11 is 5.01. The van der Waals surface area contributed by atoms with E-state index < -0.39 is 0 Å². The lowest BCUT2D eigenvalue weighted by Crippen LogP contribution is -2.08. The third kappa shape index (κ3) is 2.01. The van der Waals surface area contributed by atoms with Gasteiger partial charge in [0.1, 0.15) is 10.5 Å². The number of aryl methyl sites for hydroxylation is 1. The van der Waals surface area contributed by atoms with E-state index in [1.54, 1.807) is 11.3 Å². The molecular formula is C11H12BrNO2S. The number of carbonyl (C=O) groups is 1. The molecule has 2 aromatic rings. The first-order valence-electron chi connectivity index (χ1n) is 5.09. The molecule has 0 fully saturated rings. The molecule has 0 saturated heterocycles. The molecule has 0 aliphatic carbocycles. The smallest absolute Gasteiger partial charge is 0.355 e. The first-order valence-corrected chi connectivity index (χ1v) is 7.09. The van der Waals surface area contributed by atoms with Crippen molar-refractivity contribution in [2.24, 2.45) is 0 Å². The molecule has 0 spiro atoms. The maximum absolute atomic E-state index is 11.7. The number of aromatic nitrogens is 1. The van der Waals surface area contributed by atoms with Gasteiger partial charge in [0.05, 0.1) is 6.61 Å². The van der Waals surface area contributed by atoms with Crippen LogP contribution in [0, 0.1) is 0 Å². The molecule has 0 radical (unpaired) electrons. The summed E-state index contributed by atoms with van der Waals surface area (Å²) in [6.07, 6.45) is 0.824. The van der Waals surface area contributed by atoms with Gasteiger partial charge in [0.25, 0.3) is 0 Å². The molecule has 0 unspecified atom stereocenters. The van der Waals surface area contributed by atoms with Crippen molar-refractivity contribution in [1.82, 2.24) is 4.98 Å². The van der Waals surface area contributed by atoms with Crippen molar-refractivity contribution < 1.29 is 9.53 Å². The zero-order valence-corrected chi connectivity index (χ0v) is 11.3. The molecular weight excluding hydrogens is 290 g/mol. The Hall–Kier alpha value is -0.810. The van der Waals surface area contributed by atoms with Crippen LogP contribution in [-0.4, -0.2) is 22.9 Å². The molecule has 86 valence electrons. The van der Waals surface area contributed by atoms with Gasteiger partial charge in [-0.05, 0) is 30.4 Å². The lowest BCUT2D eigenvalue weighted by molar-refractivity contribution is 0.0519. The van der Waals surface area contributed by atoms with Crippen molar-refractivity contribution in [2.45, 2.75) is 13.3 Å². The molecule has 0 aliphatic heterocycles. The largest absolute Gasteiger partial charge is 0.461 e. The van der Waals surface area contributed by atoms with Gasteiger partial charge in [-0.1, -0.05) is 15.9 Å². The summed E-state index contributed by atoms with van der Waals surface area (Å²) in [5, 5.41) is 3.99. The highest BCUT2D eigenvalue weighted by atomic mass is 79.9. The minimum Gasteiger partial charge on any atom is -0.461 e. The Bertz CT molecular complexity index is 503. The van der Waals surface area contributed by atoms with Crippen LogP contribution >= 0.6 is 27.3 Å². The molecule has 1 N–H and O–H groups in total. The number of nitrogens with one attached hydrogen (secondary N) is 1. The van der Waals surface area contributed by atoms with Gasteiger partial charge >= 0.3 is 5.97 Å². The summed E-state index contributed by atoms with van der Waals surface area (Å²) in [7, 11) is 0. The standard InChI is InChI=1S/C11H12BrNO2S/c1-2-15-11(14)9-7(3-5-12)8-4-6-16-10(8)13-9/h4,6,13H,2-3,5H2,1H3. The van der Waals surface area contributed by atoms with Crippen molar-refractivity contribution in [3.05, 3.63) is 22.7 Å². The Labute approximate surface area is 106 Å². The minimum atomic E-state index is -0.262. The van der Waals surface area contributed by atoms with Gasteiger partial charge < -0.3 is 9.72 Å². The molecule has 0 saturated carbocycles. The minimum absolute atomic E-state index is 0.262. The van der Waals surface area contributed by atoms with Crippen molar-refractivity contribution in [1.29, 1.82) is 0 Å². The quantitative estimate of drug-likeness (QED) is 0.695. The molecule has 2 heterocycles. The van der Waals surface area contributed by atoms with Crippen LogP contribution in [0.25, 0.3) is 10.2 Å². The molecule has 0 amide bonds. The molecule has 0 aliphatic rings. The molecule has 5 heteroatoms. The third-order valence-electron chi connectivity index (χ3n) is 2.35. The number of alkyl halides is 1. The summed E-state index contributed by atoms with van der Waals surface area (Å²) in [5.41, 5.74) is 1.65. The number of esters is 1. The van der Waals surface area contributed by atoms with Crippen LogP contribution in [0.5, 0.6) is 0 Å². The zero-order chi connectivity index (χ0) is 11.5. The van der Waals surface area contributed by atoms with Gasteiger partial charge in [-0.25, -0.2) is 4.79 Å². The number of aromatic amines is 1. The first kappa shape index (κ1) is 11.7. The Morgan fingerprint density at radius 3 is 3.12 bits per heavy atom. The van der Waals surface area contributed by atoms with Crippen LogP contribution in [0.1, 0.15) is 23.0 Å². The second-order valence-electron chi connectivity index (χ2n) is 3.30. The van der Waals surface area contributed by atoms with E-state index in [1.807, 2.05) is 18.4 Å². The van der Waals surface area contributed by atoms with Crippen LogP contribution in [0.2, 0.25) is 0 Å². The molecule has 0 aromatic carbocycles. The van der Waals surface area contributed by atoms with Gasteiger partial charge in [0.2, 0.25) is 0 Å². The number of carbonyl (C=O) groups excluding carboxylic acids is 1. The molecule has 0 bridgehead atoms. The first-order chi connectivity index (χ1) is 7.77. The molecule has 2 aromatic heterocycles. The number of rotatable bonds is 4. The predicted molar refractivity (Wildman–Crippen MR) is 69.6 cm³/mol. The summed E-state index contributed by atoms with van der Waals surface area (Å²) in [5.74, 6) is -0.262. The number of fused-ring (bicyclic) bond motifs is 1. The number of ether oxygens (including phenoxy) is 1. The van der Waals surface area contributed by atoms with E-state index in [4.69, 9.17) is 4.74 Å². The maximum atomic E-state index is 11.7. The summed E-state index contributed by atoms with van der Waals surface area (Å²) in [6, 6.07) is 2.04. The Kier molecular flexibility index (Phi) is 3.66. The Morgan fingerprint density at radius 1 is 1.62 bits per heavy atom. The van der Waals surface area contributed by atoms with E-state index in [2.05, 4.69) is 20.9 Å². The number of H-pyrrole nitrogens is 1. The van der Waals surface area contributed by atoms with Crippen molar-refractivity contribution in [3.8, 4) is 0 Å². The molecule has 16 heavy (non-hydrogen) atoms. The lowest BCUT2D eigenvalue weighted by Gasteiger charge is -2.02. The predicted octanol–water partition coefficient (Wildman–Crippen LogP) is 3.34. The van der Waals surface area contributed by atoms with Crippen LogP contribution in [0.15, 0.2) is 11.4 Å². The average Bonchev–Trinajstić information content (AvgIpc) is 2.81. The van der Waals surface area contributed by atoms with Gasteiger partial charge in [0.15, 0.2) is 0 Å². The highest BCUT2D eigenvalue weighted by molar-refractivity contribution is 9.09. The number of hydrogen-bond donors (Lipinski definition) is 1. The zero-order valence-electron chi connectivity index (χ0n) is 8.88. The van der Waals surface area contributed by atoms with E-state index in [0.717, 1.165) is 27.5 Å². The maximum Gasteiger partial charge on any atom is 0.355 e. The Morgan fingerprint density at radius 2 is 2.44 bits per heavy atom. The third-order valence-corrected chi connectivity index (χ3v) is 3.58. The van der Waals surface area contributed by atoms with E-state index in [-0.39, 0.29) is 5.97 Å². The highest BCUT2D eigenvalue weighted by Crippen LogP contribution is 2.28. The van der Waals surface area contributed by atoms with Gasteiger partial charge in [-0.2, -0.15) is 0 Å². The van der Waals surface area contributed by atoms with Gasteiger partial charge in [0, 0.05) is 10.7 Å². The molecule has 3 nitrogen and oxygen atoms in total. The molecule has 0 atom stereocenters. The van der Waals surface area contributed by atoms with Crippen molar-refractivity contribution in [2.75, 3.05) is 11.9 Å². The van der Waals surface area contributed by atoms with Crippen molar-refractivity contribution >= 4 is 43.5 Å². The van der Waals surface area contributed by atoms with Crippen LogP contribution in [-0.2, 0) is 11.2 Å². The average molecular weight is 302 g/mol. The second-order valence-corrected chi connectivity index (χ2v) is 5.01. The van der Waals surface area contributed by atoms with Crippen molar-refractivity contribution in [3.63, 3.8) is 0 Å². The normalized spacial score (nSPS) is 10.9. The fraction of sp³-hybridized carbons (Fsp3) is 0.364. The van der Waals surface area contributed by atoms with E-state index in [9.17, 15) is 4.79 Å². The van der Waals surface area contributed by atoms with Crippen LogP contribution in [0.3, 0.4) is 0 Å². The Balaban J connectivity index is 2.46. The number of halogens is 1.